The molecule has 0 atom stereocenters. The van der Waals surface area contributed by atoms with Crippen LogP contribution in [0.4, 0.5) is 10.5 Å². The van der Waals surface area contributed by atoms with Crippen molar-refractivity contribution >= 4 is 35.2 Å². The SMILES string of the molecule is CC(C)(C)NC(=O)NC(=O)COC(=O)c1ccc(-c2ccc([N+](=O)[O-])cc2Cl)o1. The van der Waals surface area contributed by atoms with Crippen molar-refractivity contribution in [3.8, 4) is 11.3 Å². The number of urea groups is 1. The fourth-order valence-electron chi connectivity index (χ4n) is 2.15. The van der Waals surface area contributed by atoms with E-state index < -0.39 is 35.0 Å². The number of rotatable bonds is 5. The number of esters is 1. The Morgan fingerprint density at radius 2 is 1.90 bits per heavy atom. The van der Waals surface area contributed by atoms with E-state index in [1.807, 2.05) is 5.32 Å². The molecule has 0 saturated carbocycles. The number of non-ortho nitro benzene ring substituents is 1. The van der Waals surface area contributed by atoms with E-state index in [0.717, 1.165) is 6.07 Å². The van der Waals surface area contributed by atoms with E-state index in [9.17, 15) is 24.5 Å². The van der Waals surface area contributed by atoms with Gasteiger partial charge in [-0.05, 0) is 39.0 Å². The Kier molecular flexibility index (Phi) is 6.60. The number of hydrogen-bond acceptors (Lipinski definition) is 7. The largest absolute Gasteiger partial charge is 0.450 e. The maximum atomic E-state index is 12.0. The molecule has 0 unspecified atom stereocenters. The molecule has 0 aliphatic rings. The second-order valence-electron chi connectivity index (χ2n) is 6.91. The van der Waals surface area contributed by atoms with Crippen LogP contribution in [0.3, 0.4) is 0 Å². The van der Waals surface area contributed by atoms with Crippen LogP contribution in [0.2, 0.25) is 5.02 Å². The number of ether oxygens (including phenoxy) is 1. The first-order chi connectivity index (χ1) is 13.5. The van der Waals surface area contributed by atoms with E-state index in [1.54, 1.807) is 20.8 Å². The Morgan fingerprint density at radius 3 is 2.48 bits per heavy atom. The molecule has 29 heavy (non-hydrogen) atoms. The van der Waals surface area contributed by atoms with Crippen molar-refractivity contribution < 1.29 is 28.5 Å². The van der Waals surface area contributed by atoms with Crippen LogP contribution in [0.1, 0.15) is 31.3 Å². The highest BCUT2D eigenvalue weighted by atomic mass is 35.5. The van der Waals surface area contributed by atoms with Crippen molar-refractivity contribution in [1.82, 2.24) is 10.6 Å². The van der Waals surface area contributed by atoms with Gasteiger partial charge in [-0.25, -0.2) is 9.59 Å². The van der Waals surface area contributed by atoms with Crippen LogP contribution in [-0.2, 0) is 9.53 Å². The van der Waals surface area contributed by atoms with Gasteiger partial charge in [0.1, 0.15) is 5.76 Å². The summed E-state index contributed by atoms with van der Waals surface area (Å²) in [5.74, 6) is -1.77. The minimum Gasteiger partial charge on any atom is -0.450 e. The Labute approximate surface area is 170 Å². The number of amides is 3. The predicted molar refractivity (Wildman–Crippen MR) is 103 cm³/mol. The zero-order valence-electron chi connectivity index (χ0n) is 15.8. The maximum Gasteiger partial charge on any atom is 0.374 e. The van der Waals surface area contributed by atoms with E-state index >= 15 is 0 Å². The van der Waals surface area contributed by atoms with Crippen LogP contribution in [0.15, 0.2) is 34.7 Å². The average molecular weight is 424 g/mol. The molecule has 1 aromatic heterocycles. The van der Waals surface area contributed by atoms with Crippen LogP contribution < -0.4 is 10.6 Å². The number of carbonyl (C=O) groups excluding carboxylic acids is 3. The highest BCUT2D eigenvalue weighted by molar-refractivity contribution is 6.33. The summed E-state index contributed by atoms with van der Waals surface area (Å²) in [4.78, 5) is 45.5. The summed E-state index contributed by atoms with van der Waals surface area (Å²) in [6.07, 6.45) is 0. The minimum absolute atomic E-state index is 0.0673. The van der Waals surface area contributed by atoms with Crippen molar-refractivity contribution in [2.45, 2.75) is 26.3 Å². The minimum atomic E-state index is -0.930. The molecule has 2 rings (SSSR count). The number of nitrogens with one attached hydrogen (secondary N) is 2. The number of imide groups is 1. The lowest BCUT2D eigenvalue weighted by molar-refractivity contribution is -0.384. The molecule has 0 saturated heterocycles. The Bertz CT molecular complexity index is 963. The summed E-state index contributed by atoms with van der Waals surface area (Å²) in [7, 11) is 0. The van der Waals surface area contributed by atoms with Gasteiger partial charge in [-0.2, -0.15) is 0 Å². The fraction of sp³-hybridized carbons (Fsp3) is 0.278. The van der Waals surface area contributed by atoms with E-state index in [-0.39, 0.29) is 22.2 Å². The summed E-state index contributed by atoms with van der Waals surface area (Å²) >= 11 is 6.02. The smallest absolute Gasteiger partial charge is 0.374 e. The zero-order chi connectivity index (χ0) is 21.8. The van der Waals surface area contributed by atoms with Crippen molar-refractivity contribution in [2.75, 3.05) is 6.61 Å². The summed E-state index contributed by atoms with van der Waals surface area (Å²) in [6, 6.07) is 5.81. The van der Waals surface area contributed by atoms with E-state index in [1.165, 1.54) is 24.3 Å². The lowest BCUT2D eigenvalue weighted by atomic mass is 10.1. The molecule has 2 aromatic rings. The lowest BCUT2D eigenvalue weighted by Crippen LogP contribution is -2.49. The first-order valence-electron chi connectivity index (χ1n) is 8.29. The number of furan rings is 1. The summed E-state index contributed by atoms with van der Waals surface area (Å²) in [6.45, 7) is 4.53. The average Bonchev–Trinajstić information content (AvgIpc) is 3.07. The van der Waals surface area contributed by atoms with Crippen LogP contribution in [-0.4, -0.2) is 35.0 Å². The first-order valence-corrected chi connectivity index (χ1v) is 8.67. The molecule has 0 fully saturated rings. The van der Waals surface area contributed by atoms with Gasteiger partial charge in [0.05, 0.1) is 9.95 Å². The molecule has 1 aromatic carbocycles. The van der Waals surface area contributed by atoms with Crippen LogP contribution in [0.5, 0.6) is 0 Å². The lowest BCUT2D eigenvalue weighted by Gasteiger charge is -2.20. The number of nitro groups is 1. The molecule has 0 aliphatic heterocycles. The van der Waals surface area contributed by atoms with Crippen molar-refractivity contribution in [1.29, 1.82) is 0 Å². The number of carbonyl (C=O) groups is 3. The summed E-state index contributed by atoms with van der Waals surface area (Å²) < 4.78 is 10.2. The van der Waals surface area contributed by atoms with Gasteiger partial charge in [-0.15, -0.1) is 0 Å². The van der Waals surface area contributed by atoms with Crippen LogP contribution in [0.25, 0.3) is 11.3 Å². The monoisotopic (exact) mass is 423 g/mol. The van der Waals surface area contributed by atoms with E-state index in [2.05, 4.69) is 5.32 Å². The molecule has 10 nitrogen and oxygen atoms in total. The highest BCUT2D eigenvalue weighted by Crippen LogP contribution is 2.32. The third kappa shape index (κ3) is 6.32. The molecule has 0 aliphatic carbocycles. The molecular formula is C18H18ClN3O7. The maximum absolute atomic E-state index is 12.0. The van der Waals surface area contributed by atoms with Gasteiger partial charge >= 0.3 is 12.0 Å². The normalized spacial score (nSPS) is 10.9. The molecule has 3 amide bonds. The Morgan fingerprint density at radius 1 is 1.21 bits per heavy atom. The van der Waals surface area contributed by atoms with Gasteiger partial charge in [0.15, 0.2) is 6.61 Å². The van der Waals surface area contributed by atoms with Gasteiger partial charge in [0.2, 0.25) is 5.76 Å². The first kappa shape index (κ1) is 21.9. The van der Waals surface area contributed by atoms with E-state index in [4.69, 9.17) is 20.8 Å². The third-order valence-corrected chi connectivity index (χ3v) is 3.62. The van der Waals surface area contributed by atoms with E-state index in [0.29, 0.717) is 5.56 Å². The predicted octanol–water partition coefficient (Wildman–Crippen LogP) is 3.29. The number of hydrogen-bond donors (Lipinski definition) is 2. The molecule has 154 valence electrons. The van der Waals surface area contributed by atoms with Gasteiger partial charge in [0, 0.05) is 23.2 Å². The molecule has 0 spiro atoms. The topological polar surface area (TPSA) is 141 Å². The number of nitrogens with zero attached hydrogens (tertiary/aromatic N) is 1. The molecule has 11 heteroatoms. The van der Waals surface area contributed by atoms with Crippen molar-refractivity contribution in [2.24, 2.45) is 0 Å². The van der Waals surface area contributed by atoms with Crippen molar-refractivity contribution in [3.63, 3.8) is 0 Å². The Hall–Kier alpha value is -3.40. The molecule has 2 N–H and O–H groups in total. The molecule has 0 radical (unpaired) electrons. The fourth-order valence-corrected chi connectivity index (χ4v) is 2.41. The summed E-state index contributed by atoms with van der Waals surface area (Å²) in [5, 5.41) is 15.4. The van der Waals surface area contributed by atoms with Crippen LogP contribution in [0, 0.1) is 10.1 Å². The van der Waals surface area contributed by atoms with Gasteiger partial charge in [0.25, 0.3) is 11.6 Å². The second kappa shape index (κ2) is 8.74. The molecule has 1 heterocycles. The second-order valence-corrected chi connectivity index (χ2v) is 7.32. The third-order valence-electron chi connectivity index (χ3n) is 3.31. The van der Waals surface area contributed by atoms with Gasteiger partial charge in [-0.3, -0.25) is 20.2 Å². The molecule has 0 bridgehead atoms. The zero-order valence-corrected chi connectivity index (χ0v) is 16.5. The Balaban J connectivity index is 1.97. The van der Waals surface area contributed by atoms with Crippen LogP contribution >= 0.6 is 11.6 Å². The standard InChI is InChI=1S/C18H18ClN3O7/c1-18(2,3)21-17(25)20-15(23)9-28-16(24)14-7-6-13(29-14)11-5-4-10(22(26)27)8-12(11)19/h4-8H,9H2,1-3H3,(H2,20,21,23,25). The quantitative estimate of drug-likeness (QED) is 0.427. The van der Waals surface area contributed by atoms with Gasteiger partial charge in [-0.1, -0.05) is 11.6 Å². The summed E-state index contributed by atoms with van der Waals surface area (Å²) in [5.41, 5.74) is -0.385. The number of nitro benzene ring substituents is 1. The molecular weight excluding hydrogens is 406 g/mol. The number of halogens is 1. The number of benzene rings is 1. The van der Waals surface area contributed by atoms with Gasteiger partial charge < -0.3 is 14.5 Å². The highest BCUT2D eigenvalue weighted by Gasteiger charge is 2.20. The van der Waals surface area contributed by atoms with Crippen molar-refractivity contribution in [3.05, 3.63) is 51.2 Å².